The van der Waals surface area contributed by atoms with Crippen molar-refractivity contribution in [1.29, 1.82) is 0 Å². The molecule has 4 rings (SSSR count). The molecule has 1 N–H and O–H groups in total. The molecule has 1 atom stereocenters. The predicted molar refractivity (Wildman–Crippen MR) is 109 cm³/mol. The van der Waals surface area contributed by atoms with Gasteiger partial charge in [0.2, 0.25) is 0 Å². The summed E-state index contributed by atoms with van der Waals surface area (Å²) in [5.41, 5.74) is 1.41. The maximum absolute atomic E-state index is 12.8. The molecule has 28 heavy (non-hydrogen) atoms. The standard InChI is InChI=1S/C23H28N2O3/c1-2-25(15-19-16-27-20-11-6-7-12-21(20)28-19)22(26)24-17-23(13-8-14-23)18-9-4-3-5-10-18/h3-7,9-12,19H,2,8,13-17H2,1H3,(H,24,26). The topological polar surface area (TPSA) is 50.8 Å². The lowest BCUT2D eigenvalue weighted by atomic mass is 9.64. The molecule has 0 saturated heterocycles. The van der Waals surface area contributed by atoms with Gasteiger partial charge in [0.15, 0.2) is 17.6 Å². The number of ether oxygens (including phenoxy) is 2. The fourth-order valence-corrected chi connectivity index (χ4v) is 4.07. The fraction of sp³-hybridized carbons (Fsp3) is 0.435. The summed E-state index contributed by atoms with van der Waals surface area (Å²) in [4.78, 5) is 14.6. The van der Waals surface area contributed by atoms with Gasteiger partial charge in [0.05, 0.1) is 6.54 Å². The number of carbonyl (C=O) groups excluding carboxylic acids is 1. The maximum Gasteiger partial charge on any atom is 0.317 e. The van der Waals surface area contributed by atoms with E-state index in [1.165, 1.54) is 12.0 Å². The molecule has 2 aromatic carbocycles. The minimum atomic E-state index is -0.160. The highest BCUT2D eigenvalue weighted by atomic mass is 16.6. The van der Waals surface area contributed by atoms with Crippen molar-refractivity contribution in [3.05, 3.63) is 60.2 Å². The van der Waals surface area contributed by atoms with Gasteiger partial charge in [-0.15, -0.1) is 0 Å². The largest absolute Gasteiger partial charge is 0.486 e. The smallest absolute Gasteiger partial charge is 0.317 e. The number of hydrogen-bond donors (Lipinski definition) is 1. The molecular formula is C23H28N2O3. The van der Waals surface area contributed by atoms with Crippen molar-refractivity contribution in [3.8, 4) is 11.5 Å². The molecule has 0 radical (unpaired) electrons. The minimum Gasteiger partial charge on any atom is -0.486 e. The number of rotatable bonds is 6. The van der Waals surface area contributed by atoms with Crippen LogP contribution in [0.3, 0.4) is 0 Å². The summed E-state index contributed by atoms with van der Waals surface area (Å²) < 4.78 is 11.8. The Hall–Kier alpha value is -2.69. The van der Waals surface area contributed by atoms with Crippen LogP contribution in [-0.2, 0) is 5.41 Å². The van der Waals surface area contributed by atoms with E-state index in [4.69, 9.17) is 9.47 Å². The average molecular weight is 380 g/mol. The summed E-state index contributed by atoms with van der Waals surface area (Å²) in [7, 11) is 0. The molecular weight excluding hydrogens is 352 g/mol. The number of para-hydroxylation sites is 2. The number of nitrogens with one attached hydrogen (secondary N) is 1. The van der Waals surface area contributed by atoms with Gasteiger partial charge in [-0.25, -0.2) is 4.79 Å². The summed E-state index contributed by atoms with van der Waals surface area (Å²) >= 11 is 0. The van der Waals surface area contributed by atoms with Gasteiger partial charge in [-0.1, -0.05) is 48.9 Å². The highest BCUT2D eigenvalue weighted by Gasteiger charge is 2.39. The van der Waals surface area contributed by atoms with Crippen LogP contribution in [0.25, 0.3) is 0 Å². The van der Waals surface area contributed by atoms with Gasteiger partial charge in [0.1, 0.15) is 6.61 Å². The van der Waals surface area contributed by atoms with E-state index in [-0.39, 0.29) is 17.6 Å². The Bertz CT molecular complexity index is 805. The van der Waals surface area contributed by atoms with Crippen molar-refractivity contribution in [2.45, 2.75) is 37.7 Å². The third-order valence-electron chi connectivity index (χ3n) is 5.94. The van der Waals surface area contributed by atoms with E-state index >= 15 is 0 Å². The predicted octanol–water partition coefficient (Wildman–Crippen LogP) is 3.98. The molecule has 5 heteroatoms. The van der Waals surface area contributed by atoms with E-state index in [9.17, 15) is 4.79 Å². The second kappa shape index (κ2) is 8.13. The quantitative estimate of drug-likeness (QED) is 0.825. The highest BCUT2D eigenvalue weighted by molar-refractivity contribution is 5.74. The van der Waals surface area contributed by atoms with E-state index in [1.807, 2.05) is 37.3 Å². The summed E-state index contributed by atoms with van der Waals surface area (Å²) in [5.74, 6) is 1.51. The Balaban J connectivity index is 1.34. The van der Waals surface area contributed by atoms with Gasteiger partial charge in [0, 0.05) is 18.5 Å². The molecule has 1 fully saturated rings. The molecule has 1 aliphatic carbocycles. The number of carbonyl (C=O) groups is 1. The number of amides is 2. The molecule has 1 aliphatic heterocycles. The van der Waals surface area contributed by atoms with Crippen LogP contribution in [0.4, 0.5) is 4.79 Å². The first kappa shape index (κ1) is 18.7. The van der Waals surface area contributed by atoms with Gasteiger partial charge in [-0.3, -0.25) is 0 Å². The lowest BCUT2D eigenvalue weighted by molar-refractivity contribution is 0.0670. The zero-order valence-electron chi connectivity index (χ0n) is 16.4. The summed E-state index contributed by atoms with van der Waals surface area (Å²) in [6.07, 6.45) is 3.31. The third kappa shape index (κ3) is 3.79. The molecule has 0 aromatic heterocycles. The van der Waals surface area contributed by atoms with Crippen molar-refractivity contribution in [1.82, 2.24) is 10.2 Å². The number of benzene rings is 2. The molecule has 5 nitrogen and oxygen atoms in total. The third-order valence-corrected chi connectivity index (χ3v) is 5.94. The van der Waals surface area contributed by atoms with Crippen LogP contribution >= 0.6 is 0 Å². The molecule has 148 valence electrons. The van der Waals surface area contributed by atoms with E-state index in [0.29, 0.717) is 26.2 Å². The Morgan fingerprint density at radius 3 is 2.50 bits per heavy atom. The van der Waals surface area contributed by atoms with Crippen LogP contribution in [0, 0.1) is 0 Å². The van der Waals surface area contributed by atoms with Gasteiger partial charge in [-0.2, -0.15) is 0 Å². The molecule has 1 saturated carbocycles. The summed E-state index contributed by atoms with van der Waals surface area (Å²) in [6.45, 7) is 4.26. The van der Waals surface area contributed by atoms with Crippen molar-refractivity contribution in [2.75, 3.05) is 26.2 Å². The Morgan fingerprint density at radius 2 is 1.82 bits per heavy atom. The summed E-state index contributed by atoms with van der Waals surface area (Å²) in [6, 6.07) is 18.2. The van der Waals surface area contributed by atoms with Gasteiger partial charge >= 0.3 is 6.03 Å². The highest BCUT2D eigenvalue weighted by Crippen LogP contribution is 2.43. The molecule has 2 amide bonds. The Kier molecular flexibility index (Phi) is 5.42. The second-order valence-electron chi connectivity index (χ2n) is 7.69. The number of urea groups is 1. The van der Waals surface area contributed by atoms with Gasteiger partial charge < -0.3 is 19.7 Å². The van der Waals surface area contributed by atoms with E-state index in [0.717, 1.165) is 24.3 Å². The van der Waals surface area contributed by atoms with Crippen LogP contribution in [0.5, 0.6) is 11.5 Å². The van der Waals surface area contributed by atoms with Crippen molar-refractivity contribution < 1.29 is 14.3 Å². The molecule has 2 aliphatic rings. The molecule has 1 unspecified atom stereocenters. The van der Waals surface area contributed by atoms with E-state index < -0.39 is 0 Å². The zero-order chi connectivity index (χ0) is 19.4. The molecule has 1 heterocycles. The van der Waals surface area contributed by atoms with E-state index in [2.05, 4.69) is 29.6 Å². The summed E-state index contributed by atoms with van der Waals surface area (Å²) in [5, 5.41) is 3.17. The maximum atomic E-state index is 12.8. The number of nitrogens with zero attached hydrogens (tertiary/aromatic N) is 1. The van der Waals surface area contributed by atoms with Crippen LogP contribution in [0.1, 0.15) is 31.7 Å². The van der Waals surface area contributed by atoms with Gasteiger partial charge in [-0.05, 0) is 37.5 Å². The first-order valence-corrected chi connectivity index (χ1v) is 10.2. The Labute approximate surface area is 166 Å². The van der Waals surface area contributed by atoms with Crippen molar-refractivity contribution in [3.63, 3.8) is 0 Å². The normalized spacial score (nSPS) is 19.4. The first-order chi connectivity index (χ1) is 13.7. The SMILES string of the molecule is CCN(CC1COc2ccccc2O1)C(=O)NCC1(c2ccccc2)CCC1. The van der Waals surface area contributed by atoms with Crippen LogP contribution in [0.2, 0.25) is 0 Å². The average Bonchev–Trinajstić information content (AvgIpc) is 2.71. The second-order valence-corrected chi connectivity index (χ2v) is 7.69. The number of likely N-dealkylation sites (N-methyl/N-ethyl adjacent to an activating group) is 1. The van der Waals surface area contributed by atoms with Crippen molar-refractivity contribution >= 4 is 6.03 Å². The number of fused-ring (bicyclic) bond motifs is 1. The lowest BCUT2D eigenvalue weighted by Gasteiger charge is -2.43. The van der Waals surface area contributed by atoms with Crippen LogP contribution in [0.15, 0.2) is 54.6 Å². The minimum absolute atomic E-state index is 0.0350. The lowest BCUT2D eigenvalue weighted by Crippen LogP contribution is -2.51. The number of hydrogen-bond acceptors (Lipinski definition) is 3. The van der Waals surface area contributed by atoms with Crippen LogP contribution in [-0.4, -0.2) is 43.3 Å². The molecule has 0 bridgehead atoms. The van der Waals surface area contributed by atoms with E-state index in [1.54, 1.807) is 4.90 Å². The van der Waals surface area contributed by atoms with Crippen LogP contribution < -0.4 is 14.8 Å². The van der Waals surface area contributed by atoms with Crippen molar-refractivity contribution in [2.24, 2.45) is 0 Å². The molecule has 2 aromatic rings. The molecule has 0 spiro atoms. The van der Waals surface area contributed by atoms with Gasteiger partial charge in [0.25, 0.3) is 0 Å². The zero-order valence-corrected chi connectivity index (χ0v) is 16.4. The Morgan fingerprint density at radius 1 is 1.11 bits per heavy atom. The monoisotopic (exact) mass is 380 g/mol. The first-order valence-electron chi connectivity index (χ1n) is 10.2. The fourth-order valence-electron chi connectivity index (χ4n) is 4.07.